The highest BCUT2D eigenvalue weighted by Gasteiger charge is 2.67. The first-order valence-corrected chi connectivity index (χ1v) is 6.54. The molecule has 2 saturated heterocycles. The second kappa shape index (κ2) is 4.13. The van der Waals surface area contributed by atoms with E-state index in [0.717, 1.165) is 13.0 Å². The topological polar surface area (TPSA) is 64.3 Å². The number of carbonyl (C=O) groups is 1. The number of hydrogen-bond acceptors (Lipinski definition) is 3. The van der Waals surface area contributed by atoms with Crippen molar-refractivity contribution in [3.05, 3.63) is 29.6 Å². The lowest BCUT2D eigenvalue weighted by atomic mass is 9.69. The fraction of sp³-hybridized carbons (Fsp3) is 0.500. The van der Waals surface area contributed by atoms with Crippen molar-refractivity contribution in [1.29, 1.82) is 0 Å². The van der Waals surface area contributed by atoms with Crippen LogP contribution in [0.2, 0.25) is 0 Å². The van der Waals surface area contributed by atoms with Crippen molar-refractivity contribution in [2.24, 2.45) is 0 Å². The lowest BCUT2D eigenvalue weighted by molar-refractivity contribution is -0.147. The third-order valence-electron chi connectivity index (χ3n) is 4.28. The number of nitrogen functional groups attached to an aromatic ring is 1. The molecule has 0 aromatic heterocycles. The fourth-order valence-electron chi connectivity index (χ4n) is 3.16. The van der Waals surface area contributed by atoms with Gasteiger partial charge in [0.25, 0.3) is 5.91 Å². The molecule has 0 radical (unpaired) electrons. The highest BCUT2D eigenvalue weighted by atomic mass is 19.2. The van der Waals surface area contributed by atoms with Gasteiger partial charge in [0.05, 0.1) is 13.2 Å². The van der Waals surface area contributed by atoms with Gasteiger partial charge in [0, 0.05) is 17.7 Å². The Morgan fingerprint density at radius 2 is 2.05 bits per heavy atom. The fourth-order valence-corrected chi connectivity index (χ4v) is 3.16. The number of rotatable bonds is 1. The summed E-state index contributed by atoms with van der Waals surface area (Å²) in [5.74, 6) is -1.71. The molecule has 1 amide bonds. The molecule has 3 rings (SSSR count). The van der Waals surface area contributed by atoms with Crippen LogP contribution in [-0.4, -0.2) is 30.5 Å². The summed E-state index contributed by atoms with van der Waals surface area (Å²) in [6.45, 7) is 0.314. The van der Waals surface area contributed by atoms with Gasteiger partial charge in [0.15, 0.2) is 11.3 Å². The summed E-state index contributed by atoms with van der Waals surface area (Å²) in [6.07, 6.45) is -0.694. The summed E-state index contributed by atoms with van der Waals surface area (Å²) in [5, 5.41) is 2.30. The third-order valence-corrected chi connectivity index (χ3v) is 4.28. The van der Waals surface area contributed by atoms with Crippen molar-refractivity contribution >= 4 is 11.6 Å². The normalized spacial score (nSPS) is 39.0. The zero-order valence-electron chi connectivity index (χ0n) is 11.4. The number of halogens is 3. The van der Waals surface area contributed by atoms with Crippen LogP contribution in [0, 0.1) is 5.82 Å². The molecule has 3 atom stereocenters. The maximum absolute atomic E-state index is 15.3. The Bertz CT molecular complexity index is 622. The molecule has 4 nitrogen and oxygen atoms in total. The van der Waals surface area contributed by atoms with Crippen molar-refractivity contribution < 1.29 is 22.7 Å². The Morgan fingerprint density at radius 1 is 1.33 bits per heavy atom. The van der Waals surface area contributed by atoms with Crippen LogP contribution in [0.4, 0.5) is 18.9 Å². The van der Waals surface area contributed by atoms with Crippen LogP contribution >= 0.6 is 0 Å². The van der Waals surface area contributed by atoms with Crippen LogP contribution in [0.5, 0.6) is 0 Å². The van der Waals surface area contributed by atoms with Crippen molar-refractivity contribution in [3.8, 4) is 0 Å². The maximum atomic E-state index is 15.3. The molecule has 2 fully saturated rings. The van der Waals surface area contributed by atoms with E-state index in [4.69, 9.17) is 10.5 Å². The van der Waals surface area contributed by atoms with Gasteiger partial charge in [-0.1, -0.05) is 0 Å². The lowest BCUT2D eigenvalue weighted by Crippen LogP contribution is -2.69. The molecule has 2 aliphatic rings. The minimum absolute atomic E-state index is 0.119. The quantitative estimate of drug-likeness (QED) is 0.774. The molecule has 2 heterocycles. The van der Waals surface area contributed by atoms with E-state index in [9.17, 15) is 13.6 Å². The van der Waals surface area contributed by atoms with Crippen molar-refractivity contribution in [2.75, 3.05) is 18.9 Å². The third kappa shape index (κ3) is 1.83. The number of alkyl halides is 2. The molecule has 21 heavy (non-hydrogen) atoms. The van der Waals surface area contributed by atoms with Gasteiger partial charge in [-0.3, -0.25) is 4.79 Å². The van der Waals surface area contributed by atoms with Crippen LogP contribution < -0.4 is 11.1 Å². The number of carbonyl (C=O) groups excluding carboxylic acids is 1. The number of fused-ring (bicyclic) bond motifs is 1. The van der Waals surface area contributed by atoms with Crippen molar-refractivity contribution in [2.45, 2.75) is 30.2 Å². The van der Waals surface area contributed by atoms with Gasteiger partial charge in [-0.05, 0) is 25.1 Å². The van der Waals surface area contributed by atoms with Gasteiger partial charge >= 0.3 is 0 Å². The van der Waals surface area contributed by atoms with Crippen molar-refractivity contribution in [1.82, 2.24) is 5.32 Å². The first-order chi connectivity index (χ1) is 9.70. The molecular formula is C14H15F3N2O2. The van der Waals surface area contributed by atoms with Crippen LogP contribution in [-0.2, 0) is 15.1 Å². The van der Waals surface area contributed by atoms with Gasteiger partial charge in [-0.25, -0.2) is 13.2 Å². The largest absolute Gasteiger partial charge is 0.399 e. The first-order valence-electron chi connectivity index (χ1n) is 6.54. The number of nitrogens with one attached hydrogen (secondary N) is 1. The Labute approximate surface area is 119 Å². The second-order valence-electron chi connectivity index (χ2n) is 5.93. The van der Waals surface area contributed by atoms with Crippen LogP contribution in [0.25, 0.3) is 0 Å². The summed E-state index contributed by atoms with van der Waals surface area (Å²) >= 11 is 0. The molecule has 0 bridgehead atoms. The summed E-state index contributed by atoms with van der Waals surface area (Å²) in [5.41, 5.74) is -0.635. The predicted octanol–water partition coefficient (Wildman–Crippen LogP) is 1.59. The van der Waals surface area contributed by atoms with Gasteiger partial charge < -0.3 is 15.8 Å². The van der Waals surface area contributed by atoms with Crippen LogP contribution in [0.15, 0.2) is 18.2 Å². The first kappa shape index (κ1) is 14.2. The maximum Gasteiger partial charge on any atom is 0.258 e. The zero-order chi connectivity index (χ0) is 15.5. The number of anilines is 1. The Kier molecular flexibility index (Phi) is 2.79. The number of piperidine rings is 1. The summed E-state index contributed by atoms with van der Waals surface area (Å²) in [7, 11) is 0. The molecule has 2 aliphatic heterocycles. The van der Waals surface area contributed by atoms with E-state index in [1.165, 1.54) is 12.1 Å². The lowest BCUT2D eigenvalue weighted by Gasteiger charge is -2.47. The summed E-state index contributed by atoms with van der Waals surface area (Å²) < 4.78 is 48.8. The highest BCUT2D eigenvalue weighted by molar-refractivity contribution is 5.87. The SMILES string of the molecule is CC1(F)C[C@]2(F)COC[C@]2(c2cc(N)ccc2F)NC1=O. The molecule has 1 aromatic rings. The molecule has 0 aliphatic carbocycles. The van der Waals surface area contributed by atoms with E-state index in [2.05, 4.69) is 5.32 Å². The molecule has 0 spiro atoms. The number of amides is 1. The van der Waals surface area contributed by atoms with Crippen molar-refractivity contribution in [3.63, 3.8) is 0 Å². The Hall–Kier alpha value is -1.76. The Morgan fingerprint density at radius 3 is 2.76 bits per heavy atom. The minimum atomic E-state index is -2.37. The molecular weight excluding hydrogens is 285 g/mol. The van der Waals surface area contributed by atoms with Gasteiger partial charge in [-0.2, -0.15) is 0 Å². The van der Waals surface area contributed by atoms with E-state index in [-0.39, 0.29) is 17.9 Å². The summed E-state index contributed by atoms with van der Waals surface area (Å²) in [6, 6.07) is 3.67. The number of benzene rings is 1. The van der Waals surface area contributed by atoms with Crippen LogP contribution in [0.1, 0.15) is 18.9 Å². The molecule has 0 saturated carbocycles. The number of ether oxygens (including phenoxy) is 1. The number of nitrogens with two attached hydrogens (primary N) is 1. The molecule has 1 aromatic carbocycles. The van der Waals surface area contributed by atoms with E-state index >= 15 is 4.39 Å². The highest BCUT2D eigenvalue weighted by Crippen LogP contribution is 2.50. The average molecular weight is 300 g/mol. The molecule has 3 N–H and O–H groups in total. The van der Waals surface area contributed by atoms with Gasteiger partial charge in [0.2, 0.25) is 0 Å². The Balaban J connectivity index is 2.18. The van der Waals surface area contributed by atoms with E-state index in [1.54, 1.807) is 0 Å². The monoisotopic (exact) mass is 300 g/mol. The van der Waals surface area contributed by atoms with Gasteiger partial charge in [-0.15, -0.1) is 0 Å². The number of hydrogen-bond donors (Lipinski definition) is 2. The van der Waals surface area contributed by atoms with E-state index in [0.29, 0.717) is 0 Å². The van der Waals surface area contributed by atoms with E-state index < -0.39 is 41.6 Å². The van der Waals surface area contributed by atoms with Crippen LogP contribution in [0.3, 0.4) is 0 Å². The summed E-state index contributed by atoms with van der Waals surface area (Å²) in [4.78, 5) is 11.9. The van der Waals surface area contributed by atoms with E-state index in [1.807, 2.05) is 0 Å². The minimum Gasteiger partial charge on any atom is -0.399 e. The smallest absolute Gasteiger partial charge is 0.258 e. The molecule has 1 unspecified atom stereocenters. The van der Waals surface area contributed by atoms with Gasteiger partial charge in [0.1, 0.15) is 11.4 Å². The second-order valence-corrected chi connectivity index (χ2v) is 5.93. The predicted molar refractivity (Wildman–Crippen MR) is 69.4 cm³/mol. The average Bonchev–Trinajstić information content (AvgIpc) is 2.69. The molecule has 114 valence electrons. The molecule has 7 heteroatoms. The standard InChI is InChI=1S/C14H15F3N2O2/c1-12(16)5-13(17)6-21-7-14(13,19-11(12)20)9-4-8(18)2-3-10(9)15/h2-4H,5-7,18H2,1H3,(H,19,20)/t12?,13-,14+/m0/s1. The zero-order valence-corrected chi connectivity index (χ0v) is 11.4.